The second-order valence-corrected chi connectivity index (χ2v) is 6.98. The van der Waals surface area contributed by atoms with Crippen LogP contribution in [0.15, 0.2) is 42.6 Å². The van der Waals surface area contributed by atoms with Crippen molar-refractivity contribution in [3.05, 3.63) is 53.2 Å². The zero-order chi connectivity index (χ0) is 19.1. The standard InChI is InChI=1S/C20H17ClN2O4/c1-11(24)23-9-14(10-23)27-13-4-2-12(3-5-13)15-6-16-17(20(25)26)8-22-19(16)7-18(15)21/h2-8,14,22H,9-10H2,1H3,(H,25,26). The minimum Gasteiger partial charge on any atom is -0.487 e. The van der Waals surface area contributed by atoms with E-state index in [2.05, 4.69) is 4.98 Å². The Hall–Kier alpha value is -2.99. The molecule has 1 aliphatic heterocycles. The number of hydrogen-bond donors (Lipinski definition) is 2. The van der Waals surface area contributed by atoms with E-state index in [1.54, 1.807) is 24.0 Å². The number of H-pyrrole nitrogens is 1. The second-order valence-electron chi connectivity index (χ2n) is 6.57. The third-order valence-corrected chi connectivity index (χ3v) is 5.07. The van der Waals surface area contributed by atoms with E-state index >= 15 is 0 Å². The van der Waals surface area contributed by atoms with E-state index in [0.717, 1.165) is 16.9 Å². The molecule has 4 rings (SSSR count). The van der Waals surface area contributed by atoms with Crippen molar-refractivity contribution >= 4 is 34.4 Å². The van der Waals surface area contributed by atoms with Gasteiger partial charge in [0.05, 0.1) is 23.7 Å². The molecule has 0 unspecified atom stereocenters. The molecule has 6 nitrogen and oxygen atoms in total. The lowest BCUT2D eigenvalue weighted by atomic mass is 10.0. The van der Waals surface area contributed by atoms with Crippen molar-refractivity contribution in [1.29, 1.82) is 0 Å². The molecule has 2 N–H and O–H groups in total. The quantitative estimate of drug-likeness (QED) is 0.716. The first kappa shape index (κ1) is 17.4. The van der Waals surface area contributed by atoms with Crippen molar-refractivity contribution in [2.45, 2.75) is 13.0 Å². The Morgan fingerprint density at radius 2 is 1.93 bits per heavy atom. The van der Waals surface area contributed by atoms with Gasteiger partial charge in [-0.15, -0.1) is 0 Å². The van der Waals surface area contributed by atoms with Crippen molar-refractivity contribution in [2.24, 2.45) is 0 Å². The summed E-state index contributed by atoms with van der Waals surface area (Å²) in [5, 5.41) is 10.5. The van der Waals surface area contributed by atoms with Gasteiger partial charge in [-0.05, 0) is 29.8 Å². The van der Waals surface area contributed by atoms with E-state index in [-0.39, 0.29) is 17.6 Å². The van der Waals surface area contributed by atoms with Crippen LogP contribution in [0, 0.1) is 0 Å². The number of nitrogens with one attached hydrogen (secondary N) is 1. The van der Waals surface area contributed by atoms with Crippen molar-refractivity contribution in [3.63, 3.8) is 0 Å². The molecule has 138 valence electrons. The monoisotopic (exact) mass is 384 g/mol. The first-order valence-corrected chi connectivity index (χ1v) is 8.86. The largest absolute Gasteiger partial charge is 0.487 e. The summed E-state index contributed by atoms with van der Waals surface area (Å²) in [4.78, 5) is 27.2. The molecule has 0 saturated carbocycles. The number of carboxylic acids is 1. The van der Waals surface area contributed by atoms with Gasteiger partial charge in [0.2, 0.25) is 5.91 Å². The summed E-state index contributed by atoms with van der Waals surface area (Å²) in [5.41, 5.74) is 2.51. The van der Waals surface area contributed by atoms with E-state index in [1.807, 2.05) is 24.3 Å². The molecule has 2 aromatic carbocycles. The molecule has 3 aromatic rings. The maximum Gasteiger partial charge on any atom is 0.337 e. The second kappa shape index (κ2) is 6.63. The van der Waals surface area contributed by atoms with Crippen molar-refractivity contribution in [3.8, 4) is 16.9 Å². The van der Waals surface area contributed by atoms with Crippen LogP contribution in [0.25, 0.3) is 22.0 Å². The van der Waals surface area contributed by atoms with Gasteiger partial charge in [0, 0.05) is 29.6 Å². The summed E-state index contributed by atoms with van der Waals surface area (Å²) < 4.78 is 5.85. The maximum atomic E-state index is 11.4. The Balaban J connectivity index is 1.57. The van der Waals surface area contributed by atoms with Crippen LogP contribution in [-0.2, 0) is 4.79 Å². The first-order chi connectivity index (χ1) is 12.9. The Bertz CT molecular complexity index is 1040. The zero-order valence-electron chi connectivity index (χ0n) is 14.5. The molecule has 0 radical (unpaired) electrons. The highest BCUT2D eigenvalue weighted by molar-refractivity contribution is 6.34. The van der Waals surface area contributed by atoms with Gasteiger partial charge in [0.1, 0.15) is 11.9 Å². The van der Waals surface area contributed by atoms with Crippen LogP contribution in [0.4, 0.5) is 0 Å². The molecule has 7 heteroatoms. The fourth-order valence-electron chi connectivity index (χ4n) is 3.22. The molecule has 0 aliphatic carbocycles. The highest BCUT2D eigenvalue weighted by Gasteiger charge is 2.30. The van der Waals surface area contributed by atoms with Gasteiger partial charge in [-0.2, -0.15) is 0 Å². The van der Waals surface area contributed by atoms with Gasteiger partial charge >= 0.3 is 5.97 Å². The summed E-state index contributed by atoms with van der Waals surface area (Å²) in [6.45, 7) is 2.75. The fourth-order valence-corrected chi connectivity index (χ4v) is 3.49. The molecule has 1 aromatic heterocycles. The number of benzene rings is 2. The van der Waals surface area contributed by atoms with Crippen LogP contribution >= 0.6 is 11.6 Å². The number of hydrogen-bond acceptors (Lipinski definition) is 3. The summed E-state index contributed by atoms with van der Waals surface area (Å²) in [6, 6.07) is 11.0. The molecular formula is C20H17ClN2O4. The number of carbonyl (C=O) groups is 2. The number of fused-ring (bicyclic) bond motifs is 1. The Kier molecular flexibility index (Phi) is 4.28. The lowest BCUT2D eigenvalue weighted by molar-refractivity contribution is -0.137. The van der Waals surface area contributed by atoms with Crippen LogP contribution in [0.5, 0.6) is 5.75 Å². The predicted molar refractivity (Wildman–Crippen MR) is 102 cm³/mol. The van der Waals surface area contributed by atoms with Crippen LogP contribution in [0.1, 0.15) is 17.3 Å². The topological polar surface area (TPSA) is 82.6 Å². The first-order valence-electron chi connectivity index (χ1n) is 8.49. The number of aromatic nitrogens is 1. The molecular weight excluding hydrogens is 368 g/mol. The number of ether oxygens (including phenoxy) is 1. The molecule has 1 fully saturated rings. The SMILES string of the molecule is CC(=O)N1CC(Oc2ccc(-c3cc4c(C(=O)O)c[nH]c4cc3Cl)cc2)C1. The number of aromatic amines is 1. The van der Waals surface area contributed by atoms with Gasteiger partial charge in [-0.1, -0.05) is 23.7 Å². The van der Waals surface area contributed by atoms with E-state index in [4.69, 9.17) is 16.3 Å². The van der Waals surface area contributed by atoms with E-state index in [1.165, 1.54) is 6.20 Å². The third kappa shape index (κ3) is 3.24. The Labute approximate surface area is 160 Å². The van der Waals surface area contributed by atoms with Crippen LogP contribution < -0.4 is 4.74 Å². The number of carboxylic acid groups (broad SMARTS) is 1. The number of amides is 1. The highest BCUT2D eigenvalue weighted by atomic mass is 35.5. The number of likely N-dealkylation sites (tertiary alicyclic amines) is 1. The third-order valence-electron chi connectivity index (χ3n) is 4.76. The normalized spacial score (nSPS) is 14.2. The number of halogens is 1. The summed E-state index contributed by atoms with van der Waals surface area (Å²) in [7, 11) is 0. The molecule has 1 amide bonds. The molecule has 0 bridgehead atoms. The maximum absolute atomic E-state index is 11.4. The zero-order valence-corrected chi connectivity index (χ0v) is 15.3. The average molecular weight is 385 g/mol. The summed E-state index contributed by atoms with van der Waals surface area (Å²) in [6.07, 6.45) is 1.48. The minimum absolute atomic E-state index is 0.0117. The van der Waals surface area contributed by atoms with Crippen LogP contribution in [0.3, 0.4) is 0 Å². The van der Waals surface area contributed by atoms with Gasteiger partial charge in [0.15, 0.2) is 0 Å². The lowest BCUT2D eigenvalue weighted by Crippen LogP contribution is -2.55. The lowest BCUT2D eigenvalue weighted by Gasteiger charge is -2.38. The van der Waals surface area contributed by atoms with Crippen molar-refractivity contribution in [2.75, 3.05) is 13.1 Å². The van der Waals surface area contributed by atoms with E-state index < -0.39 is 5.97 Å². The number of carbonyl (C=O) groups excluding carboxylic acids is 1. The Morgan fingerprint density at radius 1 is 1.22 bits per heavy atom. The Morgan fingerprint density at radius 3 is 2.56 bits per heavy atom. The van der Waals surface area contributed by atoms with Crippen LogP contribution in [-0.4, -0.2) is 46.1 Å². The molecule has 0 spiro atoms. The summed E-state index contributed by atoms with van der Waals surface area (Å²) >= 11 is 6.39. The molecule has 1 saturated heterocycles. The van der Waals surface area contributed by atoms with Crippen LogP contribution in [0.2, 0.25) is 5.02 Å². The molecule has 0 atom stereocenters. The highest BCUT2D eigenvalue weighted by Crippen LogP contribution is 2.34. The minimum atomic E-state index is -0.988. The van der Waals surface area contributed by atoms with Crippen molar-refractivity contribution < 1.29 is 19.4 Å². The number of aromatic carboxylic acids is 1. The van der Waals surface area contributed by atoms with Crippen molar-refractivity contribution in [1.82, 2.24) is 9.88 Å². The van der Waals surface area contributed by atoms with Gasteiger partial charge in [0.25, 0.3) is 0 Å². The summed E-state index contributed by atoms with van der Waals surface area (Å²) in [5.74, 6) is -0.212. The number of nitrogens with zero attached hydrogens (tertiary/aromatic N) is 1. The van der Waals surface area contributed by atoms with Gasteiger partial charge in [-0.25, -0.2) is 4.79 Å². The fraction of sp³-hybridized carbons (Fsp3) is 0.200. The molecule has 27 heavy (non-hydrogen) atoms. The number of rotatable bonds is 4. The van der Waals surface area contributed by atoms with E-state index in [9.17, 15) is 14.7 Å². The predicted octanol–water partition coefficient (Wildman–Crippen LogP) is 3.80. The molecule has 1 aliphatic rings. The smallest absolute Gasteiger partial charge is 0.337 e. The molecule has 2 heterocycles. The van der Waals surface area contributed by atoms with Gasteiger partial charge in [-0.3, -0.25) is 4.79 Å². The van der Waals surface area contributed by atoms with E-state index in [0.29, 0.717) is 29.0 Å². The average Bonchev–Trinajstić information content (AvgIpc) is 3.00. The van der Waals surface area contributed by atoms with Gasteiger partial charge < -0.3 is 19.7 Å².